The number of piperidine rings is 2. The van der Waals surface area contributed by atoms with Crippen LogP contribution in [0.15, 0.2) is 48.8 Å². The second kappa shape index (κ2) is 8.95. The van der Waals surface area contributed by atoms with Crippen LogP contribution in [0.1, 0.15) is 55.7 Å². The smallest absolute Gasteiger partial charge is 0.225 e. The van der Waals surface area contributed by atoms with E-state index in [1.165, 1.54) is 43.5 Å². The summed E-state index contributed by atoms with van der Waals surface area (Å²) in [5, 5.41) is 0. The van der Waals surface area contributed by atoms with Gasteiger partial charge in [-0.3, -0.25) is 4.79 Å². The van der Waals surface area contributed by atoms with E-state index in [4.69, 9.17) is 0 Å². The summed E-state index contributed by atoms with van der Waals surface area (Å²) in [7, 11) is 0. The van der Waals surface area contributed by atoms with Gasteiger partial charge in [0, 0.05) is 31.5 Å². The Bertz CT molecular complexity index is 756. The molecule has 0 spiro atoms. The van der Waals surface area contributed by atoms with Crippen LogP contribution in [0.2, 0.25) is 0 Å². The van der Waals surface area contributed by atoms with Crippen LogP contribution in [0.4, 0.5) is 0 Å². The molecule has 0 radical (unpaired) electrons. The maximum Gasteiger partial charge on any atom is 0.225 e. The standard InChI is InChI=1S/C24H33N3O/c1-20-8-7-9-21(18-20)23(26-14-5-6-15-26)19-24(28)27-16-10-22(11-17-27)25-12-3-2-4-13-25/h5-9,14-15,18,22-23H,2-4,10-13,16-17,19H2,1H3/t23-/m0/s1. The van der Waals surface area contributed by atoms with E-state index in [2.05, 4.69) is 57.9 Å². The van der Waals surface area contributed by atoms with Gasteiger partial charge in [-0.2, -0.15) is 0 Å². The highest BCUT2D eigenvalue weighted by Gasteiger charge is 2.29. The average Bonchev–Trinajstić information content (AvgIpc) is 3.27. The number of hydrogen-bond donors (Lipinski definition) is 0. The second-order valence-electron chi connectivity index (χ2n) is 8.47. The van der Waals surface area contributed by atoms with Crippen molar-refractivity contribution in [3.8, 4) is 0 Å². The van der Waals surface area contributed by atoms with E-state index in [1.54, 1.807) is 0 Å². The predicted octanol–water partition coefficient (Wildman–Crippen LogP) is 4.25. The number of nitrogens with zero attached hydrogens (tertiary/aromatic N) is 3. The van der Waals surface area contributed by atoms with Gasteiger partial charge in [-0.1, -0.05) is 36.2 Å². The molecule has 3 heterocycles. The number of aryl methyl sites for hydroxylation is 1. The molecule has 1 amide bonds. The average molecular weight is 380 g/mol. The third-order valence-electron chi connectivity index (χ3n) is 6.51. The van der Waals surface area contributed by atoms with Gasteiger partial charge >= 0.3 is 0 Å². The lowest BCUT2D eigenvalue weighted by Gasteiger charge is -2.40. The highest BCUT2D eigenvalue weighted by molar-refractivity contribution is 5.77. The quantitative estimate of drug-likeness (QED) is 0.777. The first kappa shape index (κ1) is 19.3. The van der Waals surface area contributed by atoms with Crippen molar-refractivity contribution in [1.29, 1.82) is 0 Å². The normalized spacial score (nSPS) is 20.2. The number of hydrogen-bond acceptors (Lipinski definition) is 2. The fourth-order valence-corrected chi connectivity index (χ4v) is 4.89. The Morgan fingerprint density at radius 1 is 1.00 bits per heavy atom. The summed E-state index contributed by atoms with van der Waals surface area (Å²) >= 11 is 0. The first-order valence-electron chi connectivity index (χ1n) is 10.9. The van der Waals surface area contributed by atoms with E-state index in [1.807, 2.05) is 12.1 Å². The van der Waals surface area contributed by atoms with Gasteiger partial charge in [0.15, 0.2) is 0 Å². The summed E-state index contributed by atoms with van der Waals surface area (Å²) in [6.07, 6.45) is 11.0. The van der Waals surface area contributed by atoms with Gasteiger partial charge in [-0.05, 0) is 63.4 Å². The van der Waals surface area contributed by atoms with Crippen LogP contribution >= 0.6 is 0 Å². The number of benzene rings is 1. The molecular formula is C24H33N3O. The topological polar surface area (TPSA) is 28.5 Å². The van der Waals surface area contributed by atoms with Crippen LogP contribution in [0.5, 0.6) is 0 Å². The van der Waals surface area contributed by atoms with E-state index in [9.17, 15) is 4.79 Å². The van der Waals surface area contributed by atoms with E-state index < -0.39 is 0 Å². The van der Waals surface area contributed by atoms with Crippen molar-refractivity contribution in [2.75, 3.05) is 26.2 Å². The minimum atomic E-state index is 0.0715. The van der Waals surface area contributed by atoms with Crippen LogP contribution in [-0.4, -0.2) is 52.5 Å². The van der Waals surface area contributed by atoms with Gasteiger partial charge in [-0.15, -0.1) is 0 Å². The Kier molecular flexibility index (Phi) is 6.16. The van der Waals surface area contributed by atoms with Crippen LogP contribution in [-0.2, 0) is 4.79 Å². The zero-order chi connectivity index (χ0) is 19.3. The molecule has 0 bridgehead atoms. The van der Waals surface area contributed by atoms with Gasteiger partial charge in [0.05, 0.1) is 12.5 Å². The fraction of sp³-hybridized carbons (Fsp3) is 0.542. The highest BCUT2D eigenvalue weighted by atomic mass is 16.2. The molecule has 2 aromatic rings. The minimum absolute atomic E-state index is 0.0715. The number of likely N-dealkylation sites (tertiary alicyclic amines) is 2. The van der Waals surface area contributed by atoms with Crippen LogP contribution in [0.3, 0.4) is 0 Å². The van der Waals surface area contributed by atoms with Gasteiger partial charge in [0.25, 0.3) is 0 Å². The zero-order valence-corrected chi connectivity index (χ0v) is 17.1. The maximum atomic E-state index is 13.1. The molecule has 4 nitrogen and oxygen atoms in total. The van der Waals surface area contributed by atoms with Crippen LogP contribution in [0, 0.1) is 6.92 Å². The minimum Gasteiger partial charge on any atom is -0.346 e. The number of carbonyl (C=O) groups excluding carboxylic acids is 1. The van der Waals surface area contributed by atoms with Crippen molar-refractivity contribution >= 4 is 5.91 Å². The molecule has 28 heavy (non-hydrogen) atoms. The van der Waals surface area contributed by atoms with Crippen LogP contribution in [0.25, 0.3) is 0 Å². The molecule has 0 aliphatic carbocycles. The molecule has 0 saturated carbocycles. The van der Waals surface area contributed by atoms with E-state index in [-0.39, 0.29) is 11.9 Å². The molecule has 2 aliphatic rings. The molecule has 2 fully saturated rings. The lowest BCUT2D eigenvalue weighted by atomic mass is 9.98. The zero-order valence-electron chi connectivity index (χ0n) is 17.1. The van der Waals surface area contributed by atoms with Gasteiger partial charge < -0.3 is 14.4 Å². The number of amides is 1. The third kappa shape index (κ3) is 4.49. The van der Waals surface area contributed by atoms with E-state index in [0.717, 1.165) is 25.9 Å². The van der Waals surface area contributed by atoms with Crippen molar-refractivity contribution in [2.45, 2.75) is 57.5 Å². The Balaban J connectivity index is 1.39. The number of aromatic nitrogens is 1. The maximum absolute atomic E-state index is 13.1. The monoisotopic (exact) mass is 379 g/mol. The summed E-state index contributed by atoms with van der Waals surface area (Å²) in [6.45, 7) is 6.44. The van der Waals surface area contributed by atoms with E-state index in [0.29, 0.717) is 12.5 Å². The number of rotatable bonds is 5. The Morgan fingerprint density at radius 3 is 2.39 bits per heavy atom. The molecular weight excluding hydrogens is 346 g/mol. The van der Waals surface area contributed by atoms with Gasteiger partial charge in [0.1, 0.15) is 0 Å². The SMILES string of the molecule is Cc1cccc([C@H](CC(=O)N2CCC(N3CCCCC3)CC2)n2cccc2)c1. The summed E-state index contributed by atoms with van der Waals surface area (Å²) in [6, 6.07) is 13.4. The molecule has 4 rings (SSSR count). The molecule has 1 aromatic heterocycles. The van der Waals surface area contributed by atoms with Gasteiger partial charge in [-0.25, -0.2) is 0 Å². The predicted molar refractivity (Wildman–Crippen MR) is 113 cm³/mol. The molecule has 0 N–H and O–H groups in total. The molecule has 150 valence electrons. The first-order chi connectivity index (χ1) is 13.7. The van der Waals surface area contributed by atoms with Crippen LogP contribution < -0.4 is 0 Å². The Morgan fingerprint density at radius 2 is 1.71 bits per heavy atom. The van der Waals surface area contributed by atoms with Crippen molar-refractivity contribution in [3.05, 3.63) is 59.9 Å². The largest absolute Gasteiger partial charge is 0.346 e. The Labute approximate surface area is 169 Å². The van der Waals surface area contributed by atoms with Crippen molar-refractivity contribution in [2.24, 2.45) is 0 Å². The van der Waals surface area contributed by atoms with Crippen molar-refractivity contribution in [1.82, 2.24) is 14.4 Å². The molecule has 0 unspecified atom stereocenters. The molecule has 2 aliphatic heterocycles. The lowest BCUT2D eigenvalue weighted by molar-refractivity contribution is -0.133. The first-order valence-corrected chi connectivity index (χ1v) is 10.9. The third-order valence-corrected chi connectivity index (χ3v) is 6.51. The van der Waals surface area contributed by atoms with Gasteiger partial charge in [0.2, 0.25) is 5.91 Å². The summed E-state index contributed by atoms with van der Waals surface area (Å²) in [5.74, 6) is 0.289. The molecule has 2 saturated heterocycles. The summed E-state index contributed by atoms with van der Waals surface area (Å²) in [5.41, 5.74) is 2.46. The molecule has 4 heteroatoms. The fourth-order valence-electron chi connectivity index (χ4n) is 4.89. The second-order valence-corrected chi connectivity index (χ2v) is 8.47. The summed E-state index contributed by atoms with van der Waals surface area (Å²) < 4.78 is 2.17. The molecule has 1 aromatic carbocycles. The van der Waals surface area contributed by atoms with E-state index >= 15 is 0 Å². The summed E-state index contributed by atoms with van der Waals surface area (Å²) in [4.78, 5) is 17.9. The highest BCUT2D eigenvalue weighted by Crippen LogP contribution is 2.26. The Hall–Kier alpha value is -2.07. The number of carbonyl (C=O) groups is 1. The van der Waals surface area contributed by atoms with Crippen molar-refractivity contribution in [3.63, 3.8) is 0 Å². The molecule has 1 atom stereocenters. The van der Waals surface area contributed by atoms with Crippen molar-refractivity contribution < 1.29 is 4.79 Å². The lowest BCUT2D eigenvalue weighted by Crippen LogP contribution is -2.48.